The van der Waals surface area contributed by atoms with Crippen LogP contribution in [0.5, 0.6) is 0 Å². The lowest BCUT2D eigenvalue weighted by Crippen LogP contribution is -2.12. The molecule has 0 bridgehead atoms. The van der Waals surface area contributed by atoms with Gasteiger partial charge in [-0.1, -0.05) is 48.7 Å². The molecule has 6 heteroatoms. The number of pyridine rings is 1. The van der Waals surface area contributed by atoms with E-state index in [0.717, 1.165) is 10.9 Å². The van der Waals surface area contributed by atoms with Crippen LogP contribution in [0.1, 0.15) is 25.3 Å². The molecule has 0 spiro atoms. The standard InChI is InChI=1S/C12H12Cl3N3/c1-5(2)6-3-7-10(15)8(13)4-9(14)11(7)17-12(6)18-16/h3-5H,16H2,1-2H3,(H,17,18). The Balaban J connectivity index is 2.87. The number of anilines is 1. The molecule has 18 heavy (non-hydrogen) atoms. The second-order valence-corrected chi connectivity index (χ2v) is 5.47. The van der Waals surface area contributed by atoms with Gasteiger partial charge >= 0.3 is 0 Å². The summed E-state index contributed by atoms with van der Waals surface area (Å²) < 4.78 is 0. The summed E-state index contributed by atoms with van der Waals surface area (Å²) in [5.74, 6) is 6.33. The average Bonchev–Trinajstić information content (AvgIpc) is 2.34. The predicted octanol–water partition coefficient (Wildman–Crippen LogP) is 4.60. The van der Waals surface area contributed by atoms with Crippen molar-refractivity contribution in [2.24, 2.45) is 5.84 Å². The number of rotatable bonds is 2. The molecule has 0 saturated carbocycles. The molecule has 2 aromatic rings. The Morgan fingerprint density at radius 3 is 2.39 bits per heavy atom. The van der Waals surface area contributed by atoms with Crippen LogP contribution in [0.25, 0.3) is 10.9 Å². The maximum absolute atomic E-state index is 6.19. The normalized spacial score (nSPS) is 11.3. The Morgan fingerprint density at radius 2 is 1.83 bits per heavy atom. The van der Waals surface area contributed by atoms with Crippen molar-refractivity contribution >= 4 is 51.5 Å². The first-order valence-corrected chi connectivity index (χ1v) is 6.53. The topological polar surface area (TPSA) is 50.9 Å². The van der Waals surface area contributed by atoms with E-state index in [2.05, 4.69) is 10.4 Å². The molecule has 0 saturated heterocycles. The molecule has 0 radical (unpaired) electrons. The summed E-state index contributed by atoms with van der Waals surface area (Å²) in [6.07, 6.45) is 0. The maximum Gasteiger partial charge on any atom is 0.144 e. The number of hydrogen-bond donors (Lipinski definition) is 2. The maximum atomic E-state index is 6.19. The van der Waals surface area contributed by atoms with E-state index in [1.54, 1.807) is 6.07 Å². The van der Waals surface area contributed by atoms with Gasteiger partial charge < -0.3 is 5.43 Å². The monoisotopic (exact) mass is 303 g/mol. The predicted molar refractivity (Wildman–Crippen MR) is 78.7 cm³/mol. The molecule has 2 rings (SSSR count). The van der Waals surface area contributed by atoms with Gasteiger partial charge in [-0.15, -0.1) is 0 Å². The summed E-state index contributed by atoms with van der Waals surface area (Å²) in [6.45, 7) is 4.09. The van der Waals surface area contributed by atoms with Gasteiger partial charge in [-0.05, 0) is 23.6 Å². The highest BCUT2D eigenvalue weighted by Gasteiger charge is 2.15. The first-order chi connectivity index (χ1) is 8.45. The number of hydrogen-bond acceptors (Lipinski definition) is 3. The minimum absolute atomic E-state index is 0.252. The second kappa shape index (κ2) is 5.10. The smallest absolute Gasteiger partial charge is 0.144 e. The number of hydrazine groups is 1. The van der Waals surface area contributed by atoms with Gasteiger partial charge in [0.2, 0.25) is 0 Å². The van der Waals surface area contributed by atoms with Gasteiger partial charge in [0.1, 0.15) is 5.82 Å². The van der Waals surface area contributed by atoms with Crippen molar-refractivity contribution in [2.45, 2.75) is 19.8 Å². The fourth-order valence-corrected chi connectivity index (χ4v) is 2.52. The van der Waals surface area contributed by atoms with E-state index in [9.17, 15) is 0 Å². The van der Waals surface area contributed by atoms with Gasteiger partial charge in [-0.25, -0.2) is 10.8 Å². The zero-order chi connectivity index (χ0) is 13.4. The number of nitrogen functional groups attached to an aromatic ring is 1. The summed E-state index contributed by atoms with van der Waals surface area (Å²) in [7, 11) is 0. The molecule has 0 unspecified atom stereocenters. The highest BCUT2D eigenvalue weighted by Crippen LogP contribution is 2.38. The van der Waals surface area contributed by atoms with Crippen molar-refractivity contribution in [3.63, 3.8) is 0 Å². The molecule has 1 aromatic carbocycles. The van der Waals surface area contributed by atoms with Crippen molar-refractivity contribution in [2.75, 3.05) is 5.43 Å². The first kappa shape index (κ1) is 13.7. The van der Waals surface area contributed by atoms with Gasteiger partial charge in [0, 0.05) is 5.39 Å². The number of fused-ring (bicyclic) bond motifs is 1. The van der Waals surface area contributed by atoms with E-state index in [4.69, 9.17) is 40.6 Å². The third-order valence-corrected chi connectivity index (χ3v) is 3.83. The van der Waals surface area contributed by atoms with Crippen molar-refractivity contribution in [1.29, 1.82) is 0 Å². The van der Waals surface area contributed by atoms with Gasteiger partial charge in [-0.2, -0.15) is 0 Å². The summed E-state index contributed by atoms with van der Waals surface area (Å²) >= 11 is 18.3. The molecule has 0 atom stereocenters. The lowest BCUT2D eigenvalue weighted by molar-refractivity contribution is 0.862. The van der Waals surface area contributed by atoms with E-state index < -0.39 is 0 Å². The molecular formula is C12H12Cl3N3. The van der Waals surface area contributed by atoms with Crippen molar-refractivity contribution < 1.29 is 0 Å². The molecule has 0 aliphatic carbocycles. The van der Waals surface area contributed by atoms with Crippen molar-refractivity contribution in [1.82, 2.24) is 4.98 Å². The lowest BCUT2D eigenvalue weighted by Gasteiger charge is -2.14. The number of nitrogens with zero attached hydrogens (tertiary/aromatic N) is 1. The fraction of sp³-hybridized carbons (Fsp3) is 0.250. The molecule has 1 heterocycles. The number of nitrogens with one attached hydrogen (secondary N) is 1. The zero-order valence-electron chi connectivity index (χ0n) is 9.89. The number of halogens is 3. The van der Waals surface area contributed by atoms with E-state index in [-0.39, 0.29) is 5.92 Å². The lowest BCUT2D eigenvalue weighted by atomic mass is 10.0. The molecule has 3 nitrogen and oxygen atoms in total. The molecule has 0 aliphatic rings. The number of aromatic nitrogens is 1. The van der Waals surface area contributed by atoms with E-state index in [1.165, 1.54) is 0 Å². The Hall–Kier alpha value is -0.740. The molecule has 0 aliphatic heterocycles. The fourth-order valence-electron chi connectivity index (χ4n) is 1.81. The van der Waals surface area contributed by atoms with Gasteiger partial charge in [-0.3, -0.25) is 0 Å². The number of nitrogens with two attached hydrogens (primary N) is 1. The Kier molecular flexibility index (Phi) is 3.87. The van der Waals surface area contributed by atoms with E-state index in [1.807, 2.05) is 19.9 Å². The van der Waals surface area contributed by atoms with E-state index in [0.29, 0.717) is 26.4 Å². The average molecular weight is 305 g/mol. The minimum Gasteiger partial charge on any atom is -0.308 e. The highest BCUT2D eigenvalue weighted by atomic mass is 35.5. The van der Waals surface area contributed by atoms with E-state index >= 15 is 0 Å². The zero-order valence-corrected chi connectivity index (χ0v) is 12.2. The van der Waals surface area contributed by atoms with Crippen LogP contribution >= 0.6 is 34.8 Å². The molecule has 1 aromatic heterocycles. The molecular weight excluding hydrogens is 293 g/mol. The van der Waals surface area contributed by atoms with Crippen LogP contribution in [0.4, 0.5) is 5.82 Å². The molecule has 3 N–H and O–H groups in total. The van der Waals surface area contributed by atoms with Crippen LogP contribution in [-0.2, 0) is 0 Å². The largest absolute Gasteiger partial charge is 0.308 e. The van der Waals surface area contributed by atoms with Crippen LogP contribution in [0.2, 0.25) is 15.1 Å². The summed E-state index contributed by atoms with van der Waals surface area (Å²) in [4.78, 5) is 4.41. The first-order valence-electron chi connectivity index (χ1n) is 5.40. The van der Waals surface area contributed by atoms with Crippen LogP contribution in [0.3, 0.4) is 0 Å². The van der Waals surface area contributed by atoms with Crippen LogP contribution in [0, 0.1) is 0 Å². The molecule has 96 valence electrons. The van der Waals surface area contributed by atoms with Crippen LogP contribution in [-0.4, -0.2) is 4.98 Å². The summed E-state index contributed by atoms with van der Waals surface area (Å²) in [6, 6.07) is 3.50. The third kappa shape index (κ3) is 2.24. The summed E-state index contributed by atoms with van der Waals surface area (Å²) in [5, 5.41) is 2.05. The second-order valence-electron chi connectivity index (χ2n) is 4.28. The Morgan fingerprint density at radius 1 is 1.17 bits per heavy atom. The van der Waals surface area contributed by atoms with Gasteiger partial charge in [0.05, 0.1) is 20.6 Å². The molecule has 0 fully saturated rings. The quantitative estimate of drug-likeness (QED) is 0.484. The minimum atomic E-state index is 0.252. The highest BCUT2D eigenvalue weighted by molar-refractivity contribution is 6.47. The van der Waals surface area contributed by atoms with Gasteiger partial charge in [0.25, 0.3) is 0 Å². The number of benzene rings is 1. The summed E-state index contributed by atoms with van der Waals surface area (Å²) in [5.41, 5.74) is 4.13. The van der Waals surface area contributed by atoms with Crippen molar-refractivity contribution in [3.8, 4) is 0 Å². The Labute approximate surface area is 120 Å². The van der Waals surface area contributed by atoms with Crippen molar-refractivity contribution in [3.05, 3.63) is 32.8 Å². The van der Waals surface area contributed by atoms with Crippen LogP contribution < -0.4 is 11.3 Å². The Bertz CT molecular complexity index is 611. The third-order valence-electron chi connectivity index (χ3n) is 2.74. The van der Waals surface area contributed by atoms with Gasteiger partial charge in [0.15, 0.2) is 0 Å². The molecule has 0 amide bonds. The SMILES string of the molecule is CC(C)c1cc2c(Cl)c(Cl)cc(Cl)c2nc1NN. The van der Waals surface area contributed by atoms with Crippen LogP contribution in [0.15, 0.2) is 12.1 Å².